The van der Waals surface area contributed by atoms with E-state index < -0.39 is 23.8 Å². The number of aromatic nitrogens is 4. The van der Waals surface area contributed by atoms with Crippen molar-refractivity contribution >= 4 is 40.4 Å². The lowest BCUT2D eigenvalue weighted by atomic mass is 10.2. The number of imidazole rings is 1. The van der Waals surface area contributed by atoms with Gasteiger partial charge in [0.05, 0.1) is 6.61 Å². The molecule has 0 saturated heterocycles. The summed E-state index contributed by atoms with van der Waals surface area (Å²) >= 11 is 6.27. The minimum atomic E-state index is -0.636. The summed E-state index contributed by atoms with van der Waals surface area (Å²) in [6.07, 6.45) is 0. The highest BCUT2D eigenvalue weighted by Crippen LogP contribution is 2.33. The van der Waals surface area contributed by atoms with Crippen LogP contribution in [0.1, 0.15) is 12.5 Å². The number of esters is 1. The van der Waals surface area contributed by atoms with Crippen LogP contribution in [-0.4, -0.2) is 37.8 Å². The largest absolute Gasteiger partial charge is 0.465 e. The Morgan fingerprint density at radius 2 is 2.03 bits per heavy atom. The van der Waals surface area contributed by atoms with E-state index in [-0.39, 0.29) is 17.8 Å². The topological polar surface area (TPSA) is 91.4 Å². The first kappa shape index (κ1) is 19.3. The van der Waals surface area contributed by atoms with Gasteiger partial charge in [0.1, 0.15) is 6.54 Å². The van der Waals surface area contributed by atoms with E-state index in [2.05, 4.69) is 4.98 Å². The summed E-state index contributed by atoms with van der Waals surface area (Å²) in [6.45, 7) is 4.45. The minimum absolute atomic E-state index is 0.173. The van der Waals surface area contributed by atoms with Crippen molar-refractivity contribution in [2.75, 3.05) is 18.1 Å². The van der Waals surface area contributed by atoms with Crippen LogP contribution in [0.2, 0.25) is 5.02 Å². The maximum absolute atomic E-state index is 13.0. The maximum atomic E-state index is 13.0. The lowest BCUT2D eigenvalue weighted by Crippen LogP contribution is -2.41. The molecule has 0 spiro atoms. The Morgan fingerprint density at radius 3 is 2.72 bits per heavy atom. The van der Waals surface area contributed by atoms with Crippen molar-refractivity contribution in [1.29, 1.82) is 0 Å². The van der Waals surface area contributed by atoms with Crippen LogP contribution in [0.3, 0.4) is 0 Å². The molecule has 0 N–H and O–H groups in total. The van der Waals surface area contributed by atoms with E-state index in [9.17, 15) is 14.4 Å². The fourth-order valence-corrected chi connectivity index (χ4v) is 3.72. The van der Waals surface area contributed by atoms with Crippen molar-refractivity contribution in [3.63, 3.8) is 0 Å². The van der Waals surface area contributed by atoms with Gasteiger partial charge in [-0.1, -0.05) is 17.7 Å². The van der Waals surface area contributed by atoms with Gasteiger partial charge >= 0.3 is 11.7 Å². The maximum Gasteiger partial charge on any atom is 0.333 e. The van der Waals surface area contributed by atoms with Crippen LogP contribution in [0.25, 0.3) is 11.2 Å². The number of ether oxygens (including phenoxy) is 1. The van der Waals surface area contributed by atoms with Gasteiger partial charge in [0.2, 0.25) is 5.95 Å². The number of hydrogen-bond donors (Lipinski definition) is 0. The number of aryl methyl sites for hydroxylation is 2. The van der Waals surface area contributed by atoms with E-state index in [0.29, 0.717) is 24.1 Å². The van der Waals surface area contributed by atoms with E-state index in [1.54, 1.807) is 11.5 Å². The Bertz CT molecular complexity index is 1260. The third-order valence-electron chi connectivity index (χ3n) is 5.06. The summed E-state index contributed by atoms with van der Waals surface area (Å²) in [5, 5.41) is 0.640. The van der Waals surface area contributed by atoms with Gasteiger partial charge < -0.3 is 14.2 Å². The highest BCUT2D eigenvalue weighted by Gasteiger charge is 2.29. The molecular weight excluding hydrogens is 398 g/mol. The molecule has 2 aromatic heterocycles. The molecular formula is C19H20ClN5O4. The Balaban J connectivity index is 1.87. The number of rotatable bonds is 4. The standard InChI is InChI=1S/C19H20ClN5O4/c1-4-29-14(26)10-25-17(27)15-16(22(3)19(25)28)21-18-23(7-8-24(15)18)12-6-5-11(2)13(20)9-12/h5-6,9H,4,7-8,10H2,1-3H3. The smallest absolute Gasteiger partial charge is 0.333 e. The molecule has 4 rings (SSSR count). The molecule has 0 unspecified atom stereocenters. The number of carbonyl (C=O) groups is 1. The normalized spacial score (nSPS) is 13.2. The number of anilines is 2. The second-order valence-electron chi connectivity index (χ2n) is 6.86. The van der Waals surface area contributed by atoms with Gasteiger partial charge in [-0.15, -0.1) is 0 Å². The molecule has 0 aliphatic carbocycles. The monoisotopic (exact) mass is 417 g/mol. The van der Waals surface area contributed by atoms with E-state index in [1.165, 1.54) is 11.6 Å². The Labute approximate surface area is 170 Å². The van der Waals surface area contributed by atoms with Gasteiger partial charge in [0.25, 0.3) is 5.56 Å². The van der Waals surface area contributed by atoms with E-state index >= 15 is 0 Å². The van der Waals surface area contributed by atoms with Crippen molar-refractivity contribution in [1.82, 2.24) is 18.7 Å². The number of halogens is 1. The molecule has 3 aromatic rings. The van der Waals surface area contributed by atoms with Crippen LogP contribution in [-0.2, 0) is 29.7 Å². The Hall–Kier alpha value is -3.07. The fraction of sp³-hybridized carbons (Fsp3) is 0.368. The number of carbonyl (C=O) groups excluding carboxylic acids is 1. The van der Waals surface area contributed by atoms with Gasteiger partial charge in [0.15, 0.2) is 11.2 Å². The number of benzene rings is 1. The summed E-state index contributed by atoms with van der Waals surface area (Å²) in [4.78, 5) is 44.1. The first-order valence-electron chi connectivity index (χ1n) is 9.22. The molecule has 0 radical (unpaired) electrons. The lowest BCUT2D eigenvalue weighted by Gasteiger charge is -2.16. The predicted molar refractivity (Wildman–Crippen MR) is 109 cm³/mol. The molecule has 1 aromatic carbocycles. The molecule has 0 amide bonds. The van der Waals surface area contributed by atoms with Crippen LogP contribution >= 0.6 is 11.6 Å². The molecule has 1 aliphatic heterocycles. The lowest BCUT2D eigenvalue weighted by molar-refractivity contribution is -0.143. The molecule has 0 saturated carbocycles. The quantitative estimate of drug-likeness (QED) is 0.598. The zero-order valence-corrected chi connectivity index (χ0v) is 17.1. The SMILES string of the molecule is CCOC(=O)Cn1c(=O)c2c(nc3n2CCN3c2ccc(C)c(Cl)c2)n(C)c1=O. The number of nitrogens with zero attached hydrogens (tertiary/aromatic N) is 5. The summed E-state index contributed by atoms with van der Waals surface area (Å²) < 4.78 is 8.83. The Kier molecular flexibility index (Phi) is 4.70. The molecule has 10 heteroatoms. The first-order valence-corrected chi connectivity index (χ1v) is 9.60. The predicted octanol–water partition coefficient (Wildman–Crippen LogP) is 1.57. The van der Waals surface area contributed by atoms with Crippen molar-refractivity contribution < 1.29 is 9.53 Å². The van der Waals surface area contributed by atoms with Crippen molar-refractivity contribution in [2.45, 2.75) is 26.9 Å². The van der Waals surface area contributed by atoms with Crippen LogP contribution < -0.4 is 16.1 Å². The average molecular weight is 418 g/mol. The van der Waals surface area contributed by atoms with Crippen molar-refractivity contribution in [3.05, 3.63) is 49.6 Å². The first-order chi connectivity index (χ1) is 13.8. The second-order valence-corrected chi connectivity index (χ2v) is 7.27. The van der Waals surface area contributed by atoms with E-state index in [0.717, 1.165) is 15.8 Å². The number of hydrogen-bond acceptors (Lipinski definition) is 6. The van der Waals surface area contributed by atoms with Crippen LogP contribution in [0.4, 0.5) is 11.6 Å². The molecule has 29 heavy (non-hydrogen) atoms. The third kappa shape index (κ3) is 3.02. The van der Waals surface area contributed by atoms with Gasteiger partial charge in [-0.05, 0) is 31.5 Å². The third-order valence-corrected chi connectivity index (χ3v) is 5.47. The molecule has 0 bridgehead atoms. The summed E-state index contributed by atoms with van der Waals surface area (Å²) in [5.74, 6) is -0.0796. The second kappa shape index (κ2) is 7.07. The van der Waals surface area contributed by atoms with Gasteiger partial charge in [-0.3, -0.25) is 14.2 Å². The van der Waals surface area contributed by atoms with Crippen molar-refractivity contribution in [2.24, 2.45) is 7.05 Å². The van der Waals surface area contributed by atoms with E-state index in [4.69, 9.17) is 16.3 Å². The molecule has 152 valence electrons. The minimum Gasteiger partial charge on any atom is -0.465 e. The zero-order chi connectivity index (χ0) is 20.9. The summed E-state index contributed by atoms with van der Waals surface area (Å²) in [6, 6.07) is 5.71. The fourth-order valence-electron chi connectivity index (χ4n) is 3.55. The molecule has 1 aliphatic rings. The summed E-state index contributed by atoms with van der Waals surface area (Å²) in [7, 11) is 1.53. The highest BCUT2D eigenvalue weighted by molar-refractivity contribution is 6.31. The zero-order valence-electron chi connectivity index (χ0n) is 16.3. The van der Waals surface area contributed by atoms with Gasteiger partial charge in [0, 0.05) is 30.8 Å². The van der Waals surface area contributed by atoms with E-state index in [1.807, 2.05) is 30.0 Å². The van der Waals surface area contributed by atoms with Crippen molar-refractivity contribution in [3.8, 4) is 0 Å². The number of fused-ring (bicyclic) bond motifs is 3. The van der Waals surface area contributed by atoms with Gasteiger partial charge in [-0.2, -0.15) is 4.98 Å². The van der Waals surface area contributed by atoms with Crippen LogP contribution in [0, 0.1) is 6.92 Å². The highest BCUT2D eigenvalue weighted by atomic mass is 35.5. The summed E-state index contributed by atoms with van der Waals surface area (Å²) in [5.41, 5.74) is 1.21. The van der Waals surface area contributed by atoms with Gasteiger partial charge in [-0.25, -0.2) is 9.36 Å². The Morgan fingerprint density at radius 1 is 1.28 bits per heavy atom. The van der Waals surface area contributed by atoms with Crippen LogP contribution in [0.15, 0.2) is 27.8 Å². The molecule has 9 nitrogen and oxygen atoms in total. The molecule has 0 atom stereocenters. The average Bonchev–Trinajstić information content (AvgIpc) is 3.25. The molecule has 0 fully saturated rings. The molecule has 3 heterocycles. The van der Waals surface area contributed by atoms with Crippen LogP contribution in [0.5, 0.6) is 0 Å².